The zero-order chi connectivity index (χ0) is 14.5. The highest BCUT2D eigenvalue weighted by molar-refractivity contribution is 5.36. The molecule has 0 radical (unpaired) electrons. The average Bonchev–Trinajstić information content (AvgIpc) is 2.97. The van der Waals surface area contributed by atoms with E-state index in [2.05, 4.69) is 25.8 Å². The van der Waals surface area contributed by atoms with Crippen molar-refractivity contribution >= 4 is 5.82 Å². The van der Waals surface area contributed by atoms with Crippen molar-refractivity contribution in [3.63, 3.8) is 0 Å². The molecule has 1 aromatic heterocycles. The van der Waals surface area contributed by atoms with E-state index in [0.717, 1.165) is 39.3 Å². The number of nitrogens with one attached hydrogen (secondary N) is 2. The van der Waals surface area contributed by atoms with E-state index in [1.807, 2.05) is 0 Å². The molecule has 21 heavy (non-hydrogen) atoms. The number of halogens is 1. The Balaban J connectivity index is 1.53. The Morgan fingerprint density at radius 2 is 2.14 bits per heavy atom. The quantitative estimate of drug-likeness (QED) is 0.850. The van der Waals surface area contributed by atoms with Gasteiger partial charge in [0.15, 0.2) is 5.82 Å². The molecule has 0 saturated carbocycles. The van der Waals surface area contributed by atoms with Gasteiger partial charge >= 0.3 is 0 Å². The monoisotopic (exact) mass is 290 g/mol. The topological polar surface area (TPSA) is 58.0 Å². The first kappa shape index (κ1) is 14.0. The fourth-order valence-electron chi connectivity index (χ4n) is 2.37. The van der Waals surface area contributed by atoms with Gasteiger partial charge in [-0.05, 0) is 18.2 Å². The van der Waals surface area contributed by atoms with Gasteiger partial charge in [0.05, 0.1) is 11.9 Å². The lowest BCUT2D eigenvalue weighted by molar-refractivity contribution is 0.249. The summed E-state index contributed by atoms with van der Waals surface area (Å²) in [6, 6.07) is 6.29. The zero-order valence-electron chi connectivity index (χ0n) is 11.8. The standard InChI is InChI=1S/C14H19FN6/c15-12-2-1-3-13(10-12)21-11-14(18-19-21)17-6-9-20-7-4-16-5-8-20/h1-3,10-11,16-17H,4-9H2. The molecule has 0 bridgehead atoms. The first-order valence-corrected chi connectivity index (χ1v) is 7.16. The van der Waals surface area contributed by atoms with Gasteiger partial charge in [0.1, 0.15) is 5.82 Å². The minimum Gasteiger partial charge on any atom is -0.366 e. The molecular formula is C14H19FN6. The van der Waals surface area contributed by atoms with Crippen molar-refractivity contribution in [2.24, 2.45) is 0 Å². The maximum absolute atomic E-state index is 13.2. The van der Waals surface area contributed by atoms with Crippen molar-refractivity contribution < 1.29 is 4.39 Å². The second kappa shape index (κ2) is 6.64. The normalized spacial score (nSPS) is 16.0. The summed E-state index contributed by atoms with van der Waals surface area (Å²) in [5.41, 5.74) is 0.664. The third kappa shape index (κ3) is 3.77. The number of anilines is 1. The summed E-state index contributed by atoms with van der Waals surface area (Å²) >= 11 is 0. The Hall–Kier alpha value is -1.99. The number of benzene rings is 1. The molecule has 1 aliphatic rings. The molecule has 112 valence electrons. The molecule has 1 saturated heterocycles. The van der Waals surface area contributed by atoms with E-state index >= 15 is 0 Å². The highest BCUT2D eigenvalue weighted by Crippen LogP contribution is 2.10. The van der Waals surface area contributed by atoms with Crippen LogP contribution < -0.4 is 10.6 Å². The molecule has 1 fully saturated rings. The van der Waals surface area contributed by atoms with Gasteiger partial charge in [0.25, 0.3) is 0 Å². The second-order valence-corrected chi connectivity index (χ2v) is 5.05. The lowest BCUT2D eigenvalue weighted by Crippen LogP contribution is -2.45. The summed E-state index contributed by atoms with van der Waals surface area (Å²) < 4.78 is 14.7. The summed E-state index contributed by atoms with van der Waals surface area (Å²) in [5.74, 6) is 0.422. The average molecular weight is 290 g/mol. The van der Waals surface area contributed by atoms with Crippen molar-refractivity contribution in [3.8, 4) is 5.69 Å². The molecule has 0 unspecified atom stereocenters. The largest absolute Gasteiger partial charge is 0.366 e. The van der Waals surface area contributed by atoms with Crippen LogP contribution in [0.15, 0.2) is 30.5 Å². The summed E-state index contributed by atoms with van der Waals surface area (Å²) in [5, 5.41) is 14.6. The Labute approximate surface area is 122 Å². The van der Waals surface area contributed by atoms with Crippen LogP contribution in [0.1, 0.15) is 0 Å². The van der Waals surface area contributed by atoms with Crippen LogP contribution >= 0.6 is 0 Å². The molecule has 0 aliphatic carbocycles. The summed E-state index contributed by atoms with van der Waals surface area (Å²) in [6.45, 7) is 6.07. The second-order valence-electron chi connectivity index (χ2n) is 5.05. The fraction of sp³-hybridized carbons (Fsp3) is 0.429. The van der Waals surface area contributed by atoms with Gasteiger partial charge in [-0.25, -0.2) is 9.07 Å². The summed E-state index contributed by atoms with van der Waals surface area (Å²) in [7, 11) is 0. The molecule has 2 N–H and O–H groups in total. The predicted molar refractivity (Wildman–Crippen MR) is 79.1 cm³/mol. The summed E-state index contributed by atoms with van der Waals surface area (Å²) in [4.78, 5) is 2.40. The SMILES string of the molecule is Fc1cccc(-n2cc(NCCN3CCNCC3)nn2)c1. The number of piperazine rings is 1. The highest BCUT2D eigenvalue weighted by atomic mass is 19.1. The van der Waals surface area contributed by atoms with Crippen LogP contribution in [-0.4, -0.2) is 59.2 Å². The minimum absolute atomic E-state index is 0.281. The van der Waals surface area contributed by atoms with E-state index < -0.39 is 0 Å². The molecule has 0 spiro atoms. The zero-order valence-corrected chi connectivity index (χ0v) is 11.8. The van der Waals surface area contributed by atoms with E-state index in [9.17, 15) is 4.39 Å². The van der Waals surface area contributed by atoms with Gasteiger partial charge < -0.3 is 10.6 Å². The lowest BCUT2D eigenvalue weighted by atomic mass is 10.3. The highest BCUT2D eigenvalue weighted by Gasteiger charge is 2.09. The molecule has 0 amide bonds. The van der Waals surface area contributed by atoms with Crippen LogP contribution in [0.5, 0.6) is 0 Å². The van der Waals surface area contributed by atoms with E-state index in [1.54, 1.807) is 23.0 Å². The fourth-order valence-corrected chi connectivity index (χ4v) is 2.37. The van der Waals surface area contributed by atoms with Gasteiger partial charge in [-0.2, -0.15) is 0 Å². The molecule has 2 heterocycles. The van der Waals surface area contributed by atoms with Crippen LogP contribution in [0.4, 0.5) is 10.2 Å². The van der Waals surface area contributed by atoms with E-state index in [-0.39, 0.29) is 5.82 Å². The van der Waals surface area contributed by atoms with E-state index in [4.69, 9.17) is 0 Å². The molecule has 2 aromatic rings. The van der Waals surface area contributed by atoms with Gasteiger partial charge in [0.2, 0.25) is 0 Å². The van der Waals surface area contributed by atoms with Gasteiger partial charge in [-0.3, -0.25) is 4.90 Å². The maximum Gasteiger partial charge on any atom is 0.169 e. The predicted octanol–water partition coefficient (Wildman–Crippen LogP) is 0.723. The number of hydrogen-bond acceptors (Lipinski definition) is 5. The van der Waals surface area contributed by atoms with Crippen LogP contribution in [0, 0.1) is 5.82 Å². The maximum atomic E-state index is 13.2. The van der Waals surface area contributed by atoms with Crippen molar-refractivity contribution in [2.75, 3.05) is 44.6 Å². The van der Waals surface area contributed by atoms with Crippen molar-refractivity contribution in [2.45, 2.75) is 0 Å². The molecule has 6 nitrogen and oxygen atoms in total. The first-order valence-electron chi connectivity index (χ1n) is 7.16. The van der Waals surface area contributed by atoms with Crippen molar-refractivity contribution in [1.29, 1.82) is 0 Å². The molecular weight excluding hydrogens is 271 g/mol. The van der Waals surface area contributed by atoms with Gasteiger partial charge in [-0.1, -0.05) is 11.3 Å². The first-order chi connectivity index (χ1) is 10.3. The molecule has 1 aliphatic heterocycles. The van der Waals surface area contributed by atoms with E-state index in [0.29, 0.717) is 11.5 Å². The molecule has 3 rings (SSSR count). The Morgan fingerprint density at radius 3 is 2.95 bits per heavy atom. The molecule has 7 heteroatoms. The summed E-state index contributed by atoms with van der Waals surface area (Å²) in [6.07, 6.45) is 1.77. The Morgan fingerprint density at radius 1 is 1.29 bits per heavy atom. The van der Waals surface area contributed by atoms with Gasteiger partial charge in [0, 0.05) is 39.3 Å². The Kier molecular flexibility index (Phi) is 4.42. The van der Waals surface area contributed by atoms with Crippen molar-refractivity contribution in [3.05, 3.63) is 36.3 Å². The van der Waals surface area contributed by atoms with Crippen molar-refractivity contribution in [1.82, 2.24) is 25.2 Å². The minimum atomic E-state index is -0.281. The third-order valence-corrected chi connectivity index (χ3v) is 3.51. The van der Waals surface area contributed by atoms with Crippen LogP contribution in [0.3, 0.4) is 0 Å². The number of hydrogen-bond donors (Lipinski definition) is 2. The third-order valence-electron chi connectivity index (χ3n) is 3.51. The van der Waals surface area contributed by atoms with E-state index in [1.165, 1.54) is 12.1 Å². The number of aromatic nitrogens is 3. The number of nitrogens with zero attached hydrogens (tertiary/aromatic N) is 4. The molecule has 0 atom stereocenters. The van der Waals surface area contributed by atoms with Crippen LogP contribution in [0.25, 0.3) is 5.69 Å². The Bertz CT molecular complexity index is 578. The van der Waals surface area contributed by atoms with Crippen LogP contribution in [-0.2, 0) is 0 Å². The number of rotatable bonds is 5. The molecule has 1 aromatic carbocycles. The van der Waals surface area contributed by atoms with Crippen LogP contribution in [0.2, 0.25) is 0 Å². The lowest BCUT2D eigenvalue weighted by Gasteiger charge is -2.26. The van der Waals surface area contributed by atoms with Gasteiger partial charge in [-0.15, -0.1) is 5.10 Å². The smallest absolute Gasteiger partial charge is 0.169 e.